The van der Waals surface area contributed by atoms with Crippen molar-refractivity contribution < 1.29 is 19.2 Å². The number of carbonyl (C=O) groups is 2. The molecule has 2 aromatic rings. The maximum Gasteiger partial charge on any atom is 0.357 e. The normalized spacial score (nSPS) is 16.3. The molecule has 142 valence electrons. The van der Waals surface area contributed by atoms with E-state index in [2.05, 4.69) is 15.3 Å². The molecule has 1 aliphatic rings. The number of para-hydroxylation sites is 2. The second kappa shape index (κ2) is 8.16. The number of carbonyl (C=O) groups excluding carboxylic acids is 2. The molecule has 0 spiro atoms. The summed E-state index contributed by atoms with van der Waals surface area (Å²) in [4.78, 5) is 35.5. The fourth-order valence-corrected chi connectivity index (χ4v) is 2.48. The summed E-state index contributed by atoms with van der Waals surface area (Å²) < 4.78 is 4.94. The predicted molar refractivity (Wildman–Crippen MR) is 99.4 cm³/mol. The number of hydrogen-bond acceptors (Lipinski definition) is 8. The van der Waals surface area contributed by atoms with Gasteiger partial charge in [0.15, 0.2) is 11.4 Å². The van der Waals surface area contributed by atoms with Gasteiger partial charge in [-0.15, -0.1) is 5.11 Å². The topological polar surface area (TPSA) is 127 Å². The van der Waals surface area contributed by atoms with Crippen LogP contribution in [0.25, 0.3) is 0 Å². The first-order chi connectivity index (χ1) is 13.5. The smallest absolute Gasteiger partial charge is 0.357 e. The highest BCUT2D eigenvalue weighted by atomic mass is 16.6. The van der Waals surface area contributed by atoms with Gasteiger partial charge in [-0.2, -0.15) is 15.2 Å². The number of amides is 1. The Morgan fingerprint density at radius 3 is 2.57 bits per heavy atom. The van der Waals surface area contributed by atoms with Gasteiger partial charge in [-0.3, -0.25) is 14.9 Å². The number of hydrogen-bond donors (Lipinski definition) is 0. The van der Waals surface area contributed by atoms with Gasteiger partial charge in [0.1, 0.15) is 0 Å². The molecular formula is C18H15N5O5. The standard InChI is InChI=1S/C18H15N5O5/c1-2-28-18(25)16-15(17(24)22(21-16)12-8-4-3-5-9-12)20-19-13-10-6-7-11-14(13)23(26)27/h3-11,15H,2H2,1H3. The second-order valence-corrected chi connectivity index (χ2v) is 5.56. The zero-order valence-electron chi connectivity index (χ0n) is 14.8. The molecule has 10 nitrogen and oxygen atoms in total. The number of ether oxygens (including phenoxy) is 1. The van der Waals surface area contributed by atoms with Crippen molar-refractivity contribution in [1.82, 2.24) is 0 Å². The Labute approximate surface area is 159 Å². The number of esters is 1. The van der Waals surface area contributed by atoms with E-state index in [0.29, 0.717) is 5.69 Å². The lowest BCUT2D eigenvalue weighted by atomic mass is 10.2. The van der Waals surface area contributed by atoms with Crippen LogP contribution in [-0.4, -0.2) is 35.2 Å². The maximum absolute atomic E-state index is 12.8. The first kappa shape index (κ1) is 18.8. The van der Waals surface area contributed by atoms with Gasteiger partial charge in [-0.05, 0) is 25.1 Å². The van der Waals surface area contributed by atoms with E-state index in [9.17, 15) is 19.7 Å². The highest BCUT2D eigenvalue weighted by molar-refractivity contribution is 6.46. The van der Waals surface area contributed by atoms with E-state index in [0.717, 1.165) is 5.01 Å². The van der Waals surface area contributed by atoms with Crippen LogP contribution in [0.15, 0.2) is 69.9 Å². The number of nitro benzene ring substituents is 1. The molecule has 0 N–H and O–H groups in total. The van der Waals surface area contributed by atoms with Crippen LogP contribution < -0.4 is 5.01 Å². The molecule has 3 rings (SSSR count). The van der Waals surface area contributed by atoms with Gasteiger partial charge in [0, 0.05) is 6.07 Å². The molecule has 0 saturated carbocycles. The summed E-state index contributed by atoms with van der Waals surface area (Å²) >= 11 is 0. The SMILES string of the molecule is CCOC(=O)C1=NN(c2ccccc2)C(=O)C1N=Nc1ccccc1[N+](=O)[O-]. The third-order valence-electron chi connectivity index (χ3n) is 3.75. The van der Waals surface area contributed by atoms with Crippen LogP contribution in [0.3, 0.4) is 0 Å². The molecule has 2 aromatic carbocycles. The molecule has 1 aliphatic heterocycles. The van der Waals surface area contributed by atoms with Gasteiger partial charge in [-0.25, -0.2) is 4.79 Å². The number of anilines is 1. The van der Waals surface area contributed by atoms with Crippen LogP contribution in [0.1, 0.15) is 6.92 Å². The average molecular weight is 381 g/mol. The first-order valence-electron chi connectivity index (χ1n) is 8.31. The third-order valence-corrected chi connectivity index (χ3v) is 3.75. The molecule has 0 aromatic heterocycles. The lowest BCUT2D eigenvalue weighted by Gasteiger charge is -2.11. The molecule has 1 heterocycles. The van der Waals surface area contributed by atoms with Crippen LogP contribution in [0, 0.1) is 10.1 Å². The minimum Gasteiger partial charge on any atom is -0.461 e. The largest absolute Gasteiger partial charge is 0.461 e. The van der Waals surface area contributed by atoms with E-state index < -0.39 is 22.8 Å². The van der Waals surface area contributed by atoms with Crippen molar-refractivity contribution in [2.24, 2.45) is 15.3 Å². The Hall–Kier alpha value is -3.95. The van der Waals surface area contributed by atoms with Crippen LogP contribution >= 0.6 is 0 Å². The maximum atomic E-state index is 12.8. The first-order valence-corrected chi connectivity index (χ1v) is 8.31. The summed E-state index contributed by atoms with van der Waals surface area (Å²) in [5, 5.41) is 23.9. The molecule has 0 aliphatic carbocycles. The predicted octanol–water partition coefficient (Wildman–Crippen LogP) is 3.01. The van der Waals surface area contributed by atoms with Crippen molar-refractivity contribution in [3.63, 3.8) is 0 Å². The number of benzene rings is 2. The molecule has 0 bridgehead atoms. The van der Waals surface area contributed by atoms with E-state index in [1.54, 1.807) is 43.3 Å². The van der Waals surface area contributed by atoms with Gasteiger partial charge in [0.25, 0.3) is 11.6 Å². The van der Waals surface area contributed by atoms with E-state index in [1.165, 1.54) is 18.2 Å². The van der Waals surface area contributed by atoms with Crippen molar-refractivity contribution in [1.29, 1.82) is 0 Å². The zero-order chi connectivity index (χ0) is 20.1. The van der Waals surface area contributed by atoms with Crippen LogP contribution in [0.4, 0.5) is 17.1 Å². The summed E-state index contributed by atoms with van der Waals surface area (Å²) in [6.07, 6.45) is 0. The highest BCUT2D eigenvalue weighted by Crippen LogP contribution is 2.28. The Morgan fingerprint density at radius 2 is 1.89 bits per heavy atom. The summed E-state index contributed by atoms with van der Waals surface area (Å²) in [7, 11) is 0. The van der Waals surface area contributed by atoms with E-state index in [1.807, 2.05) is 0 Å². The zero-order valence-corrected chi connectivity index (χ0v) is 14.8. The molecule has 28 heavy (non-hydrogen) atoms. The lowest BCUT2D eigenvalue weighted by molar-refractivity contribution is -0.384. The molecule has 1 amide bonds. The van der Waals surface area contributed by atoms with Crippen LogP contribution in [0.2, 0.25) is 0 Å². The molecule has 0 saturated heterocycles. The van der Waals surface area contributed by atoms with Gasteiger partial charge in [-0.1, -0.05) is 30.3 Å². The van der Waals surface area contributed by atoms with Crippen molar-refractivity contribution in [2.45, 2.75) is 13.0 Å². The van der Waals surface area contributed by atoms with Crippen LogP contribution in [0.5, 0.6) is 0 Å². The van der Waals surface area contributed by atoms with Crippen molar-refractivity contribution in [3.8, 4) is 0 Å². The van der Waals surface area contributed by atoms with Crippen molar-refractivity contribution in [3.05, 3.63) is 64.7 Å². The van der Waals surface area contributed by atoms with Crippen molar-refractivity contribution in [2.75, 3.05) is 11.6 Å². The minimum absolute atomic E-state index is 0.0401. The Morgan fingerprint density at radius 1 is 1.21 bits per heavy atom. The Bertz CT molecular complexity index is 973. The van der Waals surface area contributed by atoms with E-state index >= 15 is 0 Å². The van der Waals surface area contributed by atoms with E-state index in [-0.39, 0.29) is 23.7 Å². The summed E-state index contributed by atoms with van der Waals surface area (Å²) in [6.45, 7) is 1.71. The van der Waals surface area contributed by atoms with Gasteiger partial charge >= 0.3 is 5.97 Å². The fourth-order valence-electron chi connectivity index (χ4n) is 2.48. The number of azo groups is 1. The minimum atomic E-state index is -1.36. The highest BCUT2D eigenvalue weighted by Gasteiger charge is 2.41. The Kier molecular flexibility index (Phi) is 5.49. The number of rotatable bonds is 6. The molecular weight excluding hydrogens is 366 g/mol. The number of hydrazone groups is 1. The molecule has 0 radical (unpaired) electrons. The van der Waals surface area contributed by atoms with Gasteiger partial charge in [0.2, 0.25) is 6.04 Å². The number of nitrogens with zero attached hydrogens (tertiary/aromatic N) is 5. The van der Waals surface area contributed by atoms with Crippen molar-refractivity contribution >= 4 is 34.7 Å². The van der Waals surface area contributed by atoms with Crippen LogP contribution in [-0.2, 0) is 14.3 Å². The lowest BCUT2D eigenvalue weighted by Crippen LogP contribution is -2.33. The summed E-state index contributed by atoms with van der Waals surface area (Å²) in [5.74, 6) is -1.42. The monoisotopic (exact) mass is 381 g/mol. The summed E-state index contributed by atoms with van der Waals surface area (Å²) in [5.41, 5.74) is -0.108. The molecule has 10 heteroatoms. The Balaban J connectivity index is 1.96. The average Bonchev–Trinajstić information content (AvgIpc) is 3.04. The van der Waals surface area contributed by atoms with E-state index in [4.69, 9.17) is 4.74 Å². The quantitative estimate of drug-likeness (QED) is 0.329. The molecule has 1 atom stereocenters. The van der Waals surface area contributed by atoms with Gasteiger partial charge < -0.3 is 4.74 Å². The second-order valence-electron chi connectivity index (χ2n) is 5.56. The fraction of sp³-hybridized carbons (Fsp3) is 0.167. The summed E-state index contributed by atoms with van der Waals surface area (Å²) in [6, 6.07) is 12.8. The van der Waals surface area contributed by atoms with Gasteiger partial charge in [0.05, 0.1) is 17.2 Å². The number of nitro groups is 1. The third kappa shape index (κ3) is 3.75. The molecule has 0 fully saturated rings. The molecule has 1 unspecified atom stereocenters.